The summed E-state index contributed by atoms with van der Waals surface area (Å²) >= 11 is 0. The first kappa shape index (κ1) is 27.7. The fraction of sp³-hybridized carbons (Fsp3) is 0.290. The number of nitrogens with one attached hydrogen (secondary N) is 2. The highest BCUT2D eigenvalue weighted by atomic mass is 16.5. The fourth-order valence-corrected chi connectivity index (χ4v) is 4.53. The van der Waals surface area contributed by atoms with Crippen LogP contribution >= 0.6 is 0 Å². The monoisotopic (exact) mass is 529 g/mol. The van der Waals surface area contributed by atoms with Gasteiger partial charge in [-0.05, 0) is 53.4 Å². The Bertz CT molecular complexity index is 1420. The predicted octanol–water partition coefficient (Wildman–Crippen LogP) is 5.68. The van der Waals surface area contributed by atoms with Gasteiger partial charge in [-0.3, -0.25) is 4.79 Å². The van der Waals surface area contributed by atoms with Crippen molar-refractivity contribution in [3.63, 3.8) is 0 Å². The average Bonchev–Trinajstić information content (AvgIpc) is 3.23. The van der Waals surface area contributed by atoms with Gasteiger partial charge in [-0.25, -0.2) is 9.36 Å². The molecule has 0 radical (unpaired) electrons. The Hall–Kier alpha value is -4.30. The molecule has 39 heavy (non-hydrogen) atoms. The van der Waals surface area contributed by atoms with Gasteiger partial charge in [-0.1, -0.05) is 63.2 Å². The Labute approximate surface area is 228 Å². The minimum atomic E-state index is -1.02. The van der Waals surface area contributed by atoms with Gasteiger partial charge in [0.2, 0.25) is 11.8 Å². The number of rotatable bonds is 11. The molecule has 0 aliphatic carbocycles. The van der Waals surface area contributed by atoms with E-state index in [1.165, 1.54) is 0 Å². The molecule has 3 N–H and O–H groups in total. The molecule has 0 saturated heterocycles. The van der Waals surface area contributed by atoms with Crippen LogP contribution in [0.1, 0.15) is 49.8 Å². The van der Waals surface area contributed by atoms with Crippen molar-refractivity contribution in [2.75, 3.05) is 25.6 Å². The van der Waals surface area contributed by atoms with E-state index in [0.29, 0.717) is 36.1 Å². The molecule has 4 aromatic rings. The number of amides is 1. The predicted molar refractivity (Wildman–Crippen MR) is 153 cm³/mol. The van der Waals surface area contributed by atoms with Crippen molar-refractivity contribution in [2.24, 2.45) is 0 Å². The van der Waals surface area contributed by atoms with Crippen LogP contribution in [0.25, 0.3) is 11.3 Å². The maximum atomic E-state index is 13.7. The van der Waals surface area contributed by atoms with Crippen molar-refractivity contribution in [3.05, 3.63) is 100 Å². The Balaban J connectivity index is 1.69. The molecule has 2 atom stereocenters. The summed E-state index contributed by atoms with van der Waals surface area (Å²) in [6, 6.07) is 23.0. The van der Waals surface area contributed by atoms with Gasteiger partial charge in [-0.2, -0.15) is 0 Å². The second kappa shape index (κ2) is 12.5. The smallest absolute Gasteiger partial charge is 0.329 e. The van der Waals surface area contributed by atoms with Gasteiger partial charge < -0.3 is 24.9 Å². The van der Waals surface area contributed by atoms with Gasteiger partial charge in [-0.15, -0.1) is 0 Å². The minimum Gasteiger partial charge on any atom is -0.493 e. The number of benzene rings is 3. The number of carbonyl (C=O) groups excluding carboxylic acids is 1. The average molecular weight is 530 g/mol. The van der Waals surface area contributed by atoms with Crippen LogP contribution in [0.3, 0.4) is 0 Å². The molecule has 0 bridgehead atoms. The van der Waals surface area contributed by atoms with Crippen LogP contribution in [0, 0.1) is 0 Å². The molecule has 204 valence electrons. The first-order chi connectivity index (χ1) is 18.8. The highest BCUT2D eigenvalue weighted by Crippen LogP contribution is 2.35. The maximum absolute atomic E-state index is 13.7. The molecule has 1 aromatic heterocycles. The van der Waals surface area contributed by atoms with Crippen LogP contribution in [0.15, 0.2) is 83.7 Å². The van der Waals surface area contributed by atoms with Crippen molar-refractivity contribution < 1.29 is 19.4 Å². The van der Waals surface area contributed by atoms with Crippen LogP contribution in [0.2, 0.25) is 0 Å². The number of anilines is 1. The minimum absolute atomic E-state index is 0.225. The number of aromatic nitrogens is 2. The SMILES string of the molecule is COCCOc1ccc(-c2[nH]c(=O)n([C@H](C(=O)Nc3ccc(C(C)C)cc3)[C@@H](C)c3ccccc3)c2O)cc1. The number of H-pyrrole nitrogens is 1. The van der Waals surface area contributed by atoms with Gasteiger partial charge in [0.15, 0.2) is 0 Å². The number of ether oxygens (including phenoxy) is 2. The van der Waals surface area contributed by atoms with Crippen LogP contribution in [-0.2, 0) is 9.53 Å². The van der Waals surface area contributed by atoms with E-state index >= 15 is 0 Å². The van der Waals surface area contributed by atoms with Crippen molar-refractivity contribution in [1.29, 1.82) is 0 Å². The number of imidazole rings is 1. The number of nitrogens with zero attached hydrogens (tertiary/aromatic N) is 1. The first-order valence-electron chi connectivity index (χ1n) is 13.0. The van der Waals surface area contributed by atoms with E-state index in [1.807, 2.05) is 61.5 Å². The number of hydrogen-bond donors (Lipinski definition) is 3. The third-order valence-electron chi connectivity index (χ3n) is 6.79. The summed E-state index contributed by atoms with van der Waals surface area (Å²) in [6.07, 6.45) is 0. The summed E-state index contributed by atoms with van der Waals surface area (Å²) in [6.45, 7) is 6.94. The van der Waals surface area contributed by atoms with Gasteiger partial charge in [0, 0.05) is 24.3 Å². The lowest BCUT2D eigenvalue weighted by Gasteiger charge is -2.25. The van der Waals surface area contributed by atoms with E-state index < -0.39 is 23.6 Å². The molecule has 4 rings (SSSR count). The van der Waals surface area contributed by atoms with E-state index in [2.05, 4.69) is 24.1 Å². The number of methoxy groups -OCH3 is 1. The summed E-state index contributed by atoms with van der Waals surface area (Å²) in [4.78, 5) is 29.7. The number of aromatic hydroxyl groups is 1. The summed E-state index contributed by atoms with van der Waals surface area (Å²) in [7, 11) is 1.60. The summed E-state index contributed by atoms with van der Waals surface area (Å²) in [5.41, 5.74) is 2.85. The van der Waals surface area contributed by atoms with Gasteiger partial charge in [0.05, 0.1) is 6.61 Å². The zero-order valence-electron chi connectivity index (χ0n) is 22.7. The Morgan fingerprint density at radius 1 is 0.923 bits per heavy atom. The topological polar surface area (TPSA) is 106 Å². The molecule has 1 amide bonds. The van der Waals surface area contributed by atoms with Crippen molar-refractivity contribution in [2.45, 2.75) is 38.6 Å². The third kappa shape index (κ3) is 6.41. The number of carbonyl (C=O) groups is 1. The second-order valence-corrected chi connectivity index (χ2v) is 9.77. The Kier molecular flexibility index (Phi) is 8.88. The van der Waals surface area contributed by atoms with E-state index in [4.69, 9.17) is 9.47 Å². The zero-order chi connectivity index (χ0) is 27.9. The quantitative estimate of drug-likeness (QED) is 0.217. The molecule has 0 unspecified atom stereocenters. The lowest BCUT2D eigenvalue weighted by atomic mass is 9.92. The van der Waals surface area contributed by atoms with Gasteiger partial charge >= 0.3 is 5.69 Å². The van der Waals surface area contributed by atoms with Crippen LogP contribution < -0.4 is 15.7 Å². The normalized spacial score (nSPS) is 12.7. The third-order valence-corrected chi connectivity index (χ3v) is 6.79. The van der Waals surface area contributed by atoms with Crippen LogP contribution in [0.4, 0.5) is 5.69 Å². The lowest BCUT2D eigenvalue weighted by Crippen LogP contribution is -2.35. The highest BCUT2D eigenvalue weighted by Gasteiger charge is 2.33. The molecule has 3 aromatic carbocycles. The molecule has 0 saturated carbocycles. The van der Waals surface area contributed by atoms with Crippen LogP contribution in [0.5, 0.6) is 11.6 Å². The molecular formula is C31H35N3O5. The fourth-order valence-electron chi connectivity index (χ4n) is 4.53. The molecule has 8 heteroatoms. The molecule has 8 nitrogen and oxygen atoms in total. The molecule has 0 aliphatic rings. The standard InChI is InChI=1S/C31H35N3O5/c1-20(2)22-10-14-25(15-11-22)32-29(35)28(21(3)23-8-6-5-7-9-23)34-30(36)27(33-31(34)37)24-12-16-26(17-13-24)39-19-18-38-4/h5-17,20-21,28,36H,18-19H2,1-4H3,(H,32,35)(H,33,37)/t21-,28-/m0/s1. The first-order valence-corrected chi connectivity index (χ1v) is 13.0. The summed E-state index contributed by atoms with van der Waals surface area (Å²) in [5, 5.41) is 14.2. The van der Waals surface area contributed by atoms with Crippen molar-refractivity contribution in [1.82, 2.24) is 9.55 Å². The number of hydrogen-bond acceptors (Lipinski definition) is 5. The zero-order valence-corrected chi connectivity index (χ0v) is 22.7. The lowest BCUT2D eigenvalue weighted by molar-refractivity contribution is -0.120. The van der Waals surface area contributed by atoms with Gasteiger partial charge in [0.1, 0.15) is 24.1 Å². The van der Waals surface area contributed by atoms with Crippen molar-refractivity contribution in [3.8, 4) is 22.9 Å². The molecule has 0 fully saturated rings. The molecule has 0 aliphatic heterocycles. The Morgan fingerprint density at radius 3 is 2.21 bits per heavy atom. The van der Waals surface area contributed by atoms with E-state index in [1.54, 1.807) is 31.4 Å². The van der Waals surface area contributed by atoms with Crippen molar-refractivity contribution >= 4 is 11.6 Å². The van der Waals surface area contributed by atoms with E-state index in [9.17, 15) is 14.7 Å². The second-order valence-electron chi connectivity index (χ2n) is 9.77. The summed E-state index contributed by atoms with van der Waals surface area (Å²) < 4.78 is 11.7. The highest BCUT2D eigenvalue weighted by molar-refractivity contribution is 5.94. The number of aromatic amines is 1. The molecule has 1 heterocycles. The maximum Gasteiger partial charge on any atom is 0.329 e. The van der Waals surface area contributed by atoms with E-state index in [-0.39, 0.29) is 11.6 Å². The Morgan fingerprint density at radius 2 is 1.59 bits per heavy atom. The molecular weight excluding hydrogens is 494 g/mol. The summed E-state index contributed by atoms with van der Waals surface area (Å²) in [5.74, 6) is -0.152. The van der Waals surface area contributed by atoms with Gasteiger partial charge in [0.25, 0.3) is 0 Å². The molecule has 0 spiro atoms. The largest absolute Gasteiger partial charge is 0.493 e. The van der Waals surface area contributed by atoms with E-state index in [0.717, 1.165) is 15.7 Å². The van der Waals surface area contributed by atoms with Crippen LogP contribution in [-0.4, -0.2) is 40.9 Å².